The normalized spacial score (nSPS) is 10.9. The number of nitrogens with zero attached hydrogens (tertiary/aromatic N) is 4. The van der Waals surface area contributed by atoms with Gasteiger partial charge in [-0.25, -0.2) is 4.98 Å². The lowest BCUT2D eigenvalue weighted by atomic mass is 9.84. The standard InChI is InChI=1S/C33H22N2.C3H3N3/c1-4-12-22(13-5-1)29-26-19-11-10-18-25(26)27-20-21-28-32(31(27)30(29)23-14-6-2-7-15-23)35-33(34-28)24-16-8-3-9-17-24;1-2-4-6-5-3-1/h1-21H,(H,34,35);1-3H. The van der Waals surface area contributed by atoms with E-state index in [1.807, 2.05) is 6.07 Å². The van der Waals surface area contributed by atoms with E-state index >= 15 is 0 Å². The Bertz CT molecular complexity index is 2050. The van der Waals surface area contributed by atoms with Crippen LogP contribution in [0.5, 0.6) is 0 Å². The smallest absolute Gasteiger partial charge is 0.138 e. The minimum absolute atomic E-state index is 0.890. The molecule has 0 atom stereocenters. The Morgan fingerprint density at radius 1 is 0.439 bits per heavy atom. The Kier molecular flexibility index (Phi) is 6.44. The van der Waals surface area contributed by atoms with Crippen molar-refractivity contribution in [3.05, 3.63) is 146 Å². The van der Waals surface area contributed by atoms with E-state index in [2.05, 4.69) is 142 Å². The third-order valence-corrected chi connectivity index (χ3v) is 7.22. The lowest BCUT2D eigenvalue weighted by molar-refractivity contribution is 0.865. The van der Waals surface area contributed by atoms with Crippen LogP contribution < -0.4 is 0 Å². The highest BCUT2D eigenvalue weighted by atomic mass is 15.3. The second-order valence-electron chi connectivity index (χ2n) is 9.67. The molecule has 5 nitrogen and oxygen atoms in total. The number of H-pyrrole nitrogens is 1. The summed E-state index contributed by atoms with van der Waals surface area (Å²) in [6.45, 7) is 0. The predicted molar refractivity (Wildman–Crippen MR) is 167 cm³/mol. The van der Waals surface area contributed by atoms with Crippen molar-refractivity contribution in [1.82, 2.24) is 25.4 Å². The predicted octanol–water partition coefficient (Wildman–Crippen LogP) is 8.74. The molecule has 0 aliphatic heterocycles. The molecule has 2 aromatic heterocycles. The molecule has 1 N–H and O–H groups in total. The van der Waals surface area contributed by atoms with E-state index in [1.54, 1.807) is 18.5 Å². The Labute approximate surface area is 237 Å². The number of nitrogens with one attached hydrogen (secondary N) is 1. The minimum atomic E-state index is 0.890. The van der Waals surface area contributed by atoms with Crippen molar-refractivity contribution in [2.75, 3.05) is 0 Å². The third-order valence-electron chi connectivity index (χ3n) is 7.22. The Hall–Kier alpha value is -5.68. The number of hydrogen-bond donors (Lipinski definition) is 1. The van der Waals surface area contributed by atoms with Crippen LogP contribution >= 0.6 is 0 Å². The van der Waals surface area contributed by atoms with E-state index in [0.29, 0.717) is 0 Å². The molecule has 0 aliphatic carbocycles. The van der Waals surface area contributed by atoms with Crippen LogP contribution in [0.1, 0.15) is 0 Å². The van der Waals surface area contributed by atoms with Gasteiger partial charge in [0.25, 0.3) is 0 Å². The van der Waals surface area contributed by atoms with Gasteiger partial charge in [-0.3, -0.25) is 0 Å². The fourth-order valence-electron chi connectivity index (χ4n) is 5.48. The molecule has 0 bridgehead atoms. The summed E-state index contributed by atoms with van der Waals surface area (Å²) in [7, 11) is 0. The summed E-state index contributed by atoms with van der Waals surface area (Å²) in [5.74, 6) is 0.890. The van der Waals surface area contributed by atoms with Crippen LogP contribution in [-0.2, 0) is 0 Å². The number of benzene rings is 6. The molecule has 41 heavy (non-hydrogen) atoms. The van der Waals surface area contributed by atoms with Gasteiger partial charge in [0.05, 0.1) is 23.4 Å². The number of hydrogen-bond acceptors (Lipinski definition) is 4. The summed E-state index contributed by atoms with van der Waals surface area (Å²) in [5.41, 5.74) is 8.01. The zero-order valence-corrected chi connectivity index (χ0v) is 22.1. The van der Waals surface area contributed by atoms with Crippen LogP contribution in [0.2, 0.25) is 0 Å². The first kappa shape index (κ1) is 24.4. The Morgan fingerprint density at radius 2 is 1.00 bits per heavy atom. The molecule has 0 amide bonds. The van der Waals surface area contributed by atoms with Crippen molar-refractivity contribution in [1.29, 1.82) is 0 Å². The maximum Gasteiger partial charge on any atom is 0.138 e. The number of fused-ring (bicyclic) bond motifs is 5. The first-order valence-corrected chi connectivity index (χ1v) is 13.5. The van der Waals surface area contributed by atoms with E-state index in [1.165, 1.54) is 43.8 Å². The van der Waals surface area contributed by atoms with Gasteiger partial charge in [0.1, 0.15) is 5.82 Å². The summed E-state index contributed by atoms with van der Waals surface area (Å²) in [6.07, 6.45) is 3.15. The van der Waals surface area contributed by atoms with E-state index < -0.39 is 0 Å². The zero-order chi connectivity index (χ0) is 27.4. The van der Waals surface area contributed by atoms with Crippen LogP contribution in [0.4, 0.5) is 0 Å². The van der Waals surface area contributed by atoms with Crippen molar-refractivity contribution in [3.8, 4) is 33.6 Å². The Balaban J connectivity index is 0.000000412. The zero-order valence-electron chi connectivity index (χ0n) is 22.1. The van der Waals surface area contributed by atoms with Gasteiger partial charge in [-0.05, 0) is 50.2 Å². The van der Waals surface area contributed by atoms with Gasteiger partial charge in [-0.1, -0.05) is 121 Å². The van der Waals surface area contributed by atoms with Crippen LogP contribution in [0.3, 0.4) is 0 Å². The SMILES string of the molecule is c1ccc(-c2nc3c(ccc4c5ccccc5c(-c5ccccc5)c(-c5ccccc5)c43)[nH]2)cc1.c1cnnnc1. The molecule has 2 heterocycles. The molecular weight excluding hydrogens is 502 g/mol. The molecule has 0 fully saturated rings. The van der Waals surface area contributed by atoms with Gasteiger partial charge in [-0.2, -0.15) is 0 Å². The third kappa shape index (κ3) is 4.60. The van der Waals surface area contributed by atoms with Crippen molar-refractivity contribution in [3.63, 3.8) is 0 Å². The molecule has 0 saturated carbocycles. The monoisotopic (exact) mass is 527 g/mol. The van der Waals surface area contributed by atoms with E-state index in [4.69, 9.17) is 4.98 Å². The van der Waals surface area contributed by atoms with E-state index in [-0.39, 0.29) is 0 Å². The largest absolute Gasteiger partial charge is 0.338 e. The van der Waals surface area contributed by atoms with Gasteiger partial charge in [0, 0.05) is 16.5 Å². The number of imidazole rings is 1. The second kappa shape index (κ2) is 10.8. The molecule has 0 saturated heterocycles. The summed E-state index contributed by atoms with van der Waals surface area (Å²) < 4.78 is 0. The molecule has 6 aromatic carbocycles. The van der Waals surface area contributed by atoms with Crippen LogP contribution in [-0.4, -0.2) is 25.4 Å². The first-order chi connectivity index (χ1) is 20.4. The average Bonchev–Trinajstić information content (AvgIpc) is 3.51. The molecule has 194 valence electrons. The van der Waals surface area contributed by atoms with Gasteiger partial charge in [-0.15, -0.1) is 10.2 Å². The van der Waals surface area contributed by atoms with Gasteiger partial charge in [0.15, 0.2) is 0 Å². The average molecular weight is 528 g/mol. The summed E-state index contributed by atoms with van der Waals surface area (Å²) in [6, 6.07) is 46.7. The molecule has 0 radical (unpaired) electrons. The molecule has 0 aliphatic rings. The van der Waals surface area contributed by atoms with Gasteiger partial charge in [0.2, 0.25) is 0 Å². The Morgan fingerprint density at radius 3 is 1.59 bits per heavy atom. The van der Waals surface area contributed by atoms with Crippen molar-refractivity contribution in [2.45, 2.75) is 0 Å². The van der Waals surface area contributed by atoms with E-state index in [9.17, 15) is 0 Å². The lowest BCUT2D eigenvalue weighted by Crippen LogP contribution is -1.92. The topological polar surface area (TPSA) is 67.3 Å². The van der Waals surface area contributed by atoms with Crippen LogP contribution in [0.25, 0.3) is 66.2 Å². The van der Waals surface area contributed by atoms with Gasteiger partial charge < -0.3 is 4.98 Å². The number of rotatable bonds is 3. The quantitative estimate of drug-likeness (QED) is 0.233. The molecule has 8 aromatic rings. The van der Waals surface area contributed by atoms with E-state index in [0.717, 1.165) is 22.4 Å². The fraction of sp³-hybridized carbons (Fsp3) is 0. The number of aromatic nitrogens is 5. The molecule has 8 rings (SSSR count). The lowest BCUT2D eigenvalue weighted by Gasteiger charge is -2.18. The maximum atomic E-state index is 5.18. The van der Waals surface area contributed by atoms with Gasteiger partial charge >= 0.3 is 0 Å². The summed E-state index contributed by atoms with van der Waals surface area (Å²) in [5, 5.41) is 15.0. The first-order valence-electron chi connectivity index (χ1n) is 13.5. The summed E-state index contributed by atoms with van der Waals surface area (Å²) >= 11 is 0. The molecule has 0 spiro atoms. The maximum absolute atomic E-state index is 5.18. The fourth-order valence-corrected chi connectivity index (χ4v) is 5.48. The molecular formula is C36H25N5. The van der Waals surface area contributed by atoms with Crippen LogP contribution in [0.15, 0.2) is 146 Å². The highest BCUT2D eigenvalue weighted by Crippen LogP contribution is 2.46. The van der Waals surface area contributed by atoms with Crippen molar-refractivity contribution >= 4 is 32.6 Å². The minimum Gasteiger partial charge on any atom is -0.338 e. The van der Waals surface area contributed by atoms with Crippen molar-refractivity contribution < 1.29 is 0 Å². The second-order valence-corrected chi connectivity index (χ2v) is 9.67. The van der Waals surface area contributed by atoms with Crippen LogP contribution in [0, 0.1) is 0 Å². The highest BCUT2D eigenvalue weighted by molar-refractivity contribution is 6.27. The molecule has 0 unspecified atom stereocenters. The number of aromatic amines is 1. The summed E-state index contributed by atoms with van der Waals surface area (Å²) in [4.78, 5) is 8.76. The van der Waals surface area contributed by atoms with Crippen molar-refractivity contribution in [2.24, 2.45) is 0 Å². The highest BCUT2D eigenvalue weighted by Gasteiger charge is 2.20. The molecule has 5 heteroatoms.